The molecule has 0 spiro atoms. The molecule has 3 heteroatoms. The summed E-state index contributed by atoms with van der Waals surface area (Å²) in [5, 5.41) is 21.2. The Kier molecular flexibility index (Phi) is 3.81. The molecule has 2 aromatic rings. The maximum Gasteiger partial charge on any atom is 0.140 e. The van der Waals surface area contributed by atoms with Crippen LogP contribution >= 0.6 is 0 Å². The van der Waals surface area contributed by atoms with Gasteiger partial charge in [-0.15, -0.1) is 0 Å². The Morgan fingerprint density at radius 1 is 1.05 bits per heavy atom. The van der Waals surface area contributed by atoms with E-state index in [1.807, 2.05) is 31.2 Å². The Morgan fingerprint density at radius 3 is 2.37 bits per heavy atom. The first-order valence-electron chi connectivity index (χ1n) is 5.96. The van der Waals surface area contributed by atoms with Gasteiger partial charge in [-0.05, 0) is 42.3 Å². The molecule has 0 aliphatic rings. The average molecular weight is 247 g/mol. The van der Waals surface area contributed by atoms with Gasteiger partial charge in [0.2, 0.25) is 0 Å². The summed E-state index contributed by atoms with van der Waals surface area (Å²) in [4.78, 5) is 0. The highest BCUT2D eigenvalue weighted by molar-refractivity contribution is 5.49. The molecule has 2 rings (SSSR count). The lowest BCUT2D eigenvalue weighted by Crippen LogP contribution is -2.08. The minimum Gasteiger partial charge on any atom is -0.366 e. The maximum absolute atomic E-state index is 9.26. The number of nitrogens with one attached hydrogen (secondary N) is 1. The molecule has 92 valence electrons. The molecule has 0 radical (unpaired) electrons. The number of anilines is 1. The van der Waals surface area contributed by atoms with Crippen LogP contribution in [0.5, 0.6) is 0 Å². The molecule has 0 fully saturated rings. The first kappa shape index (κ1) is 12.7. The largest absolute Gasteiger partial charge is 0.366 e. The third-order valence-corrected chi connectivity index (χ3v) is 2.83. The third kappa shape index (κ3) is 3.12. The average Bonchev–Trinajstić information content (AvgIpc) is 2.45. The van der Waals surface area contributed by atoms with Gasteiger partial charge in [0, 0.05) is 5.69 Å². The van der Waals surface area contributed by atoms with Crippen molar-refractivity contribution in [2.24, 2.45) is 0 Å². The molecule has 19 heavy (non-hydrogen) atoms. The monoisotopic (exact) mass is 247 g/mol. The maximum atomic E-state index is 9.26. The Bertz CT molecular complexity index is 645. The van der Waals surface area contributed by atoms with E-state index >= 15 is 0 Å². The number of aryl methyl sites for hydroxylation is 1. The zero-order valence-corrected chi connectivity index (χ0v) is 10.6. The van der Waals surface area contributed by atoms with Crippen molar-refractivity contribution in [2.75, 3.05) is 5.32 Å². The van der Waals surface area contributed by atoms with E-state index in [0.29, 0.717) is 5.56 Å². The molecule has 3 nitrogen and oxygen atoms in total. The first-order valence-corrected chi connectivity index (χ1v) is 5.96. The Morgan fingerprint density at radius 2 is 1.79 bits per heavy atom. The van der Waals surface area contributed by atoms with Crippen molar-refractivity contribution >= 4 is 5.69 Å². The molecular weight excluding hydrogens is 234 g/mol. The van der Waals surface area contributed by atoms with Crippen molar-refractivity contribution in [1.29, 1.82) is 10.5 Å². The molecule has 0 saturated carbocycles. The summed E-state index contributed by atoms with van der Waals surface area (Å²) in [6.07, 6.45) is 0. The standard InChI is InChI=1S/C16H13N3/c1-12-3-2-4-15(9-12)19-16(11-18)14-7-5-13(10-17)6-8-14/h2-9,16,19H,1H3. The summed E-state index contributed by atoms with van der Waals surface area (Å²) >= 11 is 0. The molecule has 1 atom stereocenters. The lowest BCUT2D eigenvalue weighted by molar-refractivity contribution is 0.996. The number of hydrogen-bond acceptors (Lipinski definition) is 3. The minimum absolute atomic E-state index is 0.422. The second-order valence-corrected chi connectivity index (χ2v) is 4.31. The van der Waals surface area contributed by atoms with E-state index in [1.54, 1.807) is 24.3 Å². The molecule has 0 bridgehead atoms. The van der Waals surface area contributed by atoms with E-state index in [2.05, 4.69) is 17.5 Å². The van der Waals surface area contributed by atoms with Gasteiger partial charge in [-0.3, -0.25) is 0 Å². The summed E-state index contributed by atoms with van der Waals surface area (Å²) in [6, 6.07) is 18.8. The normalized spacial score (nSPS) is 11.1. The number of nitrogens with zero attached hydrogens (tertiary/aromatic N) is 2. The van der Waals surface area contributed by atoms with Crippen LogP contribution in [0.3, 0.4) is 0 Å². The highest BCUT2D eigenvalue weighted by atomic mass is 14.9. The quantitative estimate of drug-likeness (QED) is 0.902. The fourth-order valence-corrected chi connectivity index (χ4v) is 1.84. The molecule has 0 amide bonds. The predicted molar refractivity (Wildman–Crippen MR) is 74.3 cm³/mol. The van der Waals surface area contributed by atoms with Gasteiger partial charge in [0.15, 0.2) is 0 Å². The summed E-state index contributed by atoms with van der Waals surface area (Å²) in [5.41, 5.74) is 3.50. The van der Waals surface area contributed by atoms with Gasteiger partial charge in [-0.25, -0.2) is 0 Å². The molecule has 1 unspecified atom stereocenters. The van der Waals surface area contributed by atoms with Crippen molar-refractivity contribution in [3.05, 3.63) is 65.2 Å². The van der Waals surface area contributed by atoms with E-state index < -0.39 is 6.04 Å². The SMILES string of the molecule is Cc1cccc(NC(C#N)c2ccc(C#N)cc2)c1. The van der Waals surface area contributed by atoms with Gasteiger partial charge in [-0.1, -0.05) is 24.3 Å². The Hall–Kier alpha value is -2.78. The lowest BCUT2D eigenvalue weighted by atomic mass is 10.1. The van der Waals surface area contributed by atoms with Gasteiger partial charge in [-0.2, -0.15) is 10.5 Å². The second-order valence-electron chi connectivity index (χ2n) is 4.31. The summed E-state index contributed by atoms with van der Waals surface area (Å²) in [5.74, 6) is 0. The molecule has 0 heterocycles. The van der Waals surface area contributed by atoms with Crippen LogP contribution in [0.25, 0.3) is 0 Å². The topological polar surface area (TPSA) is 59.6 Å². The summed E-state index contributed by atoms with van der Waals surface area (Å²) in [7, 11) is 0. The van der Waals surface area contributed by atoms with Gasteiger partial charge < -0.3 is 5.32 Å². The lowest BCUT2D eigenvalue weighted by Gasteiger charge is -2.13. The molecule has 0 aromatic heterocycles. The highest BCUT2D eigenvalue weighted by Gasteiger charge is 2.10. The summed E-state index contributed by atoms with van der Waals surface area (Å²) < 4.78 is 0. The van der Waals surface area contributed by atoms with Crippen molar-refractivity contribution in [3.8, 4) is 12.1 Å². The van der Waals surface area contributed by atoms with Crippen LogP contribution in [-0.2, 0) is 0 Å². The van der Waals surface area contributed by atoms with E-state index in [4.69, 9.17) is 5.26 Å². The number of rotatable bonds is 3. The first-order chi connectivity index (χ1) is 9.22. The number of benzene rings is 2. The Balaban J connectivity index is 2.21. The van der Waals surface area contributed by atoms with Crippen LogP contribution in [-0.4, -0.2) is 0 Å². The van der Waals surface area contributed by atoms with Crippen molar-refractivity contribution in [1.82, 2.24) is 0 Å². The molecule has 0 aliphatic heterocycles. The molecule has 0 saturated heterocycles. The van der Waals surface area contributed by atoms with E-state index in [9.17, 15) is 5.26 Å². The smallest absolute Gasteiger partial charge is 0.140 e. The van der Waals surface area contributed by atoms with Crippen LogP contribution in [0.15, 0.2) is 48.5 Å². The van der Waals surface area contributed by atoms with Crippen molar-refractivity contribution in [2.45, 2.75) is 13.0 Å². The van der Waals surface area contributed by atoms with Gasteiger partial charge in [0.1, 0.15) is 6.04 Å². The van der Waals surface area contributed by atoms with Crippen LogP contribution in [0.1, 0.15) is 22.7 Å². The van der Waals surface area contributed by atoms with Crippen molar-refractivity contribution < 1.29 is 0 Å². The molecular formula is C16H13N3. The fourth-order valence-electron chi connectivity index (χ4n) is 1.84. The minimum atomic E-state index is -0.422. The highest BCUT2D eigenvalue weighted by Crippen LogP contribution is 2.20. The molecule has 0 aliphatic carbocycles. The Labute approximate surface area is 112 Å². The van der Waals surface area contributed by atoms with Gasteiger partial charge in [0.05, 0.1) is 17.7 Å². The second kappa shape index (κ2) is 5.71. The van der Waals surface area contributed by atoms with Crippen LogP contribution in [0.2, 0.25) is 0 Å². The van der Waals surface area contributed by atoms with E-state index in [-0.39, 0.29) is 0 Å². The van der Waals surface area contributed by atoms with Gasteiger partial charge in [0.25, 0.3) is 0 Å². The molecule has 1 N–H and O–H groups in total. The zero-order valence-electron chi connectivity index (χ0n) is 10.6. The van der Waals surface area contributed by atoms with Crippen LogP contribution in [0, 0.1) is 29.6 Å². The number of nitriles is 2. The number of hydrogen-bond donors (Lipinski definition) is 1. The van der Waals surface area contributed by atoms with Crippen LogP contribution in [0.4, 0.5) is 5.69 Å². The third-order valence-electron chi connectivity index (χ3n) is 2.83. The van der Waals surface area contributed by atoms with Gasteiger partial charge >= 0.3 is 0 Å². The van der Waals surface area contributed by atoms with Crippen LogP contribution < -0.4 is 5.32 Å². The predicted octanol–water partition coefficient (Wildman–Crippen LogP) is 3.54. The fraction of sp³-hybridized carbons (Fsp3) is 0.125. The molecule has 2 aromatic carbocycles. The summed E-state index contributed by atoms with van der Waals surface area (Å²) in [6.45, 7) is 2.01. The van der Waals surface area contributed by atoms with E-state index in [0.717, 1.165) is 16.8 Å². The zero-order chi connectivity index (χ0) is 13.7. The van der Waals surface area contributed by atoms with Crippen molar-refractivity contribution in [3.63, 3.8) is 0 Å². The van der Waals surface area contributed by atoms with E-state index in [1.165, 1.54) is 0 Å².